The Hall–Kier alpha value is -2.65. The second-order valence-corrected chi connectivity index (χ2v) is 6.04. The van der Waals surface area contributed by atoms with E-state index in [1.165, 1.54) is 0 Å². The third kappa shape index (κ3) is 1.77. The molecule has 3 heteroatoms. The minimum Gasteiger partial charge on any atom is -0.497 e. The Morgan fingerprint density at radius 3 is 2.57 bits per heavy atom. The number of Topliss-reactive ketones (excluding diaryl/α,β-unsaturated/α-hetero) is 1. The van der Waals surface area contributed by atoms with Crippen LogP contribution in [0.4, 0.5) is 0 Å². The van der Waals surface area contributed by atoms with Gasteiger partial charge in [-0.25, -0.2) is 0 Å². The van der Waals surface area contributed by atoms with Crippen molar-refractivity contribution in [2.75, 3.05) is 7.11 Å². The molecule has 5 rings (SSSR count). The molecular weight excluding hydrogens is 288 g/mol. The number of carbonyl (C=O) groups excluding carboxylic acids is 1. The number of rotatable bonds is 2. The van der Waals surface area contributed by atoms with Crippen LogP contribution >= 0.6 is 0 Å². The lowest BCUT2D eigenvalue weighted by Gasteiger charge is -2.15. The highest BCUT2D eigenvalue weighted by molar-refractivity contribution is 6.16. The van der Waals surface area contributed by atoms with Gasteiger partial charge in [-0.3, -0.25) is 4.79 Å². The number of ketones is 1. The van der Waals surface area contributed by atoms with Crippen LogP contribution in [0.5, 0.6) is 5.75 Å². The molecule has 0 N–H and O–H groups in total. The second-order valence-electron chi connectivity index (χ2n) is 6.04. The Balaban J connectivity index is 1.75. The van der Waals surface area contributed by atoms with Crippen LogP contribution in [0.2, 0.25) is 0 Å². The van der Waals surface area contributed by atoms with Gasteiger partial charge in [0.1, 0.15) is 11.9 Å². The van der Waals surface area contributed by atoms with Crippen LogP contribution in [0, 0.1) is 0 Å². The quantitative estimate of drug-likeness (QED) is 0.667. The fourth-order valence-electron chi connectivity index (χ4n) is 3.54. The van der Waals surface area contributed by atoms with Crippen LogP contribution < -0.4 is 4.74 Å². The summed E-state index contributed by atoms with van der Waals surface area (Å²) in [5.74, 6) is 0.928. The van der Waals surface area contributed by atoms with Gasteiger partial charge in [0, 0.05) is 5.56 Å². The summed E-state index contributed by atoms with van der Waals surface area (Å²) < 4.78 is 10.8. The average molecular weight is 302 g/mol. The number of carbonyl (C=O) groups is 1. The van der Waals surface area contributed by atoms with Crippen molar-refractivity contribution >= 4 is 16.6 Å². The molecule has 1 saturated heterocycles. The Morgan fingerprint density at radius 2 is 1.78 bits per heavy atom. The van der Waals surface area contributed by atoms with E-state index in [1.807, 2.05) is 36.4 Å². The summed E-state index contributed by atoms with van der Waals surface area (Å²) in [5, 5.41) is 2.14. The number of hydrogen-bond donors (Lipinski definition) is 0. The molecule has 0 amide bonds. The predicted octanol–water partition coefficient (Wildman–Crippen LogP) is 4.15. The fraction of sp³-hybridized carbons (Fsp3) is 0.150. The Bertz CT molecular complexity index is 957. The molecule has 1 fully saturated rings. The van der Waals surface area contributed by atoms with Crippen molar-refractivity contribution in [1.82, 2.24) is 0 Å². The van der Waals surface area contributed by atoms with Crippen molar-refractivity contribution in [1.29, 1.82) is 0 Å². The molecule has 3 nitrogen and oxygen atoms in total. The van der Waals surface area contributed by atoms with Crippen LogP contribution in [0.25, 0.3) is 21.9 Å². The van der Waals surface area contributed by atoms with Gasteiger partial charge in [0.15, 0.2) is 11.9 Å². The highest BCUT2D eigenvalue weighted by Crippen LogP contribution is 2.49. The second kappa shape index (κ2) is 4.43. The van der Waals surface area contributed by atoms with Crippen LogP contribution in [0.1, 0.15) is 22.0 Å². The summed E-state index contributed by atoms with van der Waals surface area (Å²) in [5.41, 5.74) is 4.03. The van der Waals surface area contributed by atoms with Gasteiger partial charge in [-0.15, -0.1) is 0 Å². The normalized spacial score (nSPS) is 21.2. The van der Waals surface area contributed by atoms with Gasteiger partial charge in [0.2, 0.25) is 0 Å². The van der Waals surface area contributed by atoms with Gasteiger partial charge in [-0.05, 0) is 51.7 Å². The van der Waals surface area contributed by atoms with Gasteiger partial charge >= 0.3 is 0 Å². The minimum absolute atomic E-state index is 0.0365. The summed E-state index contributed by atoms with van der Waals surface area (Å²) in [6.07, 6.45) is -0.315. The first-order valence-electron chi connectivity index (χ1n) is 7.67. The highest BCUT2D eigenvalue weighted by atomic mass is 16.6. The summed E-state index contributed by atoms with van der Waals surface area (Å²) in [6, 6.07) is 18.2. The monoisotopic (exact) mass is 302 g/mol. The molecular formula is C20H14O3. The maximum Gasteiger partial charge on any atom is 0.195 e. The van der Waals surface area contributed by atoms with E-state index in [9.17, 15) is 4.79 Å². The average Bonchev–Trinajstić information content (AvgIpc) is 3.40. The van der Waals surface area contributed by atoms with Crippen molar-refractivity contribution in [3.8, 4) is 16.9 Å². The Kier molecular flexibility index (Phi) is 2.48. The first-order chi connectivity index (χ1) is 11.3. The number of benzene rings is 3. The molecule has 1 aliphatic heterocycles. The molecule has 0 bridgehead atoms. The van der Waals surface area contributed by atoms with E-state index in [-0.39, 0.29) is 18.0 Å². The lowest BCUT2D eigenvalue weighted by molar-refractivity contribution is 0.0955. The van der Waals surface area contributed by atoms with Crippen LogP contribution in [0.15, 0.2) is 54.6 Å². The molecule has 1 heterocycles. The molecule has 2 unspecified atom stereocenters. The smallest absolute Gasteiger partial charge is 0.195 e. The van der Waals surface area contributed by atoms with Gasteiger partial charge in [0.05, 0.1) is 7.11 Å². The Morgan fingerprint density at radius 1 is 0.957 bits per heavy atom. The van der Waals surface area contributed by atoms with Gasteiger partial charge in [-0.1, -0.05) is 30.3 Å². The number of ether oxygens (including phenoxy) is 2. The molecule has 0 saturated carbocycles. The maximum atomic E-state index is 12.6. The molecule has 1 aliphatic carbocycles. The lowest BCUT2D eigenvalue weighted by atomic mass is 9.85. The van der Waals surface area contributed by atoms with Crippen LogP contribution in [0.3, 0.4) is 0 Å². The molecule has 2 aliphatic rings. The molecule has 23 heavy (non-hydrogen) atoms. The van der Waals surface area contributed by atoms with E-state index in [4.69, 9.17) is 9.47 Å². The topological polar surface area (TPSA) is 38.8 Å². The molecule has 3 aromatic carbocycles. The third-order valence-electron chi connectivity index (χ3n) is 4.75. The summed E-state index contributed by atoms with van der Waals surface area (Å²) in [4.78, 5) is 12.6. The number of fused-ring (bicyclic) bond motifs is 2. The van der Waals surface area contributed by atoms with Crippen LogP contribution in [-0.4, -0.2) is 19.0 Å². The van der Waals surface area contributed by atoms with E-state index in [1.54, 1.807) is 7.11 Å². The van der Waals surface area contributed by atoms with E-state index in [2.05, 4.69) is 18.2 Å². The SMILES string of the molecule is COc1ccc(-c2cc3c4c(cccc4c2)C2OC2C3=O)cc1. The van der Waals surface area contributed by atoms with Crippen LogP contribution in [-0.2, 0) is 4.74 Å². The summed E-state index contributed by atoms with van der Waals surface area (Å²) >= 11 is 0. The van der Waals surface area contributed by atoms with E-state index < -0.39 is 0 Å². The van der Waals surface area contributed by atoms with Crippen molar-refractivity contribution in [3.63, 3.8) is 0 Å². The zero-order valence-electron chi connectivity index (χ0n) is 12.6. The molecule has 3 aromatic rings. The minimum atomic E-state index is -0.279. The largest absolute Gasteiger partial charge is 0.497 e. The third-order valence-corrected chi connectivity index (χ3v) is 4.75. The predicted molar refractivity (Wildman–Crippen MR) is 87.9 cm³/mol. The van der Waals surface area contributed by atoms with Crippen molar-refractivity contribution in [3.05, 3.63) is 65.7 Å². The number of methoxy groups -OCH3 is 1. The zero-order chi connectivity index (χ0) is 15.6. The number of epoxide rings is 1. The van der Waals surface area contributed by atoms with E-state index in [0.29, 0.717) is 0 Å². The van der Waals surface area contributed by atoms with Crippen molar-refractivity contribution in [2.24, 2.45) is 0 Å². The number of hydrogen-bond acceptors (Lipinski definition) is 3. The summed E-state index contributed by atoms with van der Waals surface area (Å²) in [6.45, 7) is 0. The lowest BCUT2D eigenvalue weighted by Crippen LogP contribution is -2.14. The zero-order valence-corrected chi connectivity index (χ0v) is 12.6. The molecule has 0 aromatic heterocycles. The highest BCUT2D eigenvalue weighted by Gasteiger charge is 2.50. The van der Waals surface area contributed by atoms with Gasteiger partial charge < -0.3 is 9.47 Å². The van der Waals surface area contributed by atoms with E-state index >= 15 is 0 Å². The molecule has 0 radical (unpaired) electrons. The Labute approximate surface area is 133 Å². The van der Waals surface area contributed by atoms with E-state index in [0.717, 1.165) is 38.8 Å². The maximum absolute atomic E-state index is 12.6. The standard InChI is InChI=1S/C20H14O3/c1-22-14-7-5-11(6-8-14)13-9-12-3-2-4-15-17(12)16(10-13)18(21)20-19(15)23-20/h2-10,19-20H,1H3. The summed E-state index contributed by atoms with van der Waals surface area (Å²) in [7, 11) is 1.65. The molecule has 2 atom stereocenters. The van der Waals surface area contributed by atoms with Gasteiger partial charge in [0.25, 0.3) is 0 Å². The first kappa shape index (κ1) is 12.9. The molecule has 0 spiro atoms. The molecule has 112 valence electrons. The van der Waals surface area contributed by atoms with Crippen molar-refractivity contribution < 1.29 is 14.3 Å². The first-order valence-corrected chi connectivity index (χ1v) is 7.67. The van der Waals surface area contributed by atoms with Gasteiger partial charge in [-0.2, -0.15) is 0 Å². The fourth-order valence-corrected chi connectivity index (χ4v) is 3.54. The van der Waals surface area contributed by atoms with Crippen molar-refractivity contribution in [2.45, 2.75) is 12.2 Å².